The third-order valence-corrected chi connectivity index (χ3v) is 5.12. The van der Waals surface area contributed by atoms with E-state index in [4.69, 9.17) is 5.26 Å². The molecule has 0 aliphatic carbocycles. The van der Waals surface area contributed by atoms with Gasteiger partial charge in [0.2, 0.25) is 0 Å². The van der Waals surface area contributed by atoms with Crippen LogP contribution in [0.1, 0.15) is 19.4 Å². The SMILES string of the molecule is CCN(CC)CCNCCS(=O)(=O)c1ccc(C#N)cc1. The Balaban J connectivity index is 2.41. The number of nitriles is 1. The zero-order valence-corrected chi connectivity index (χ0v) is 13.5. The molecule has 0 aliphatic rings. The van der Waals surface area contributed by atoms with Gasteiger partial charge in [0.25, 0.3) is 0 Å². The van der Waals surface area contributed by atoms with Crippen molar-refractivity contribution in [2.75, 3.05) is 38.5 Å². The minimum Gasteiger partial charge on any atom is -0.314 e. The van der Waals surface area contributed by atoms with Crippen LogP contribution in [0, 0.1) is 11.3 Å². The molecule has 21 heavy (non-hydrogen) atoms. The van der Waals surface area contributed by atoms with Gasteiger partial charge in [-0.15, -0.1) is 0 Å². The number of hydrogen-bond acceptors (Lipinski definition) is 5. The molecule has 0 saturated heterocycles. The molecule has 0 unspecified atom stereocenters. The minimum absolute atomic E-state index is 0.0666. The number of sulfone groups is 1. The van der Waals surface area contributed by atoms with Crippen LogP contribution in [0.5, 0.6) is 0 Å². The summed E-state index contributed by atoms with van der Waals surface area (Å²) in [6.07, 6.45) is 0. The van der Waals surface area contributed by atoms with Gasteiger partial charge in [0.15, 0.2) is 9.84 Å². The molecule has 1 aromatic rings. The summed E-state index contributed by atoms with van der Waals surface area (Å²) in [5.41, 5.74) is 0.464. The second-order valence-corrected chi connectivity index (χ2v) is 6.84. The van der Waals surface area contributed by atoms with Gasteiger partial charge in [-0.1, -0.05) is 13.8 Å². The molecule has 0 atom stereocenters. The van der Waals surface area contributed by atoms with Crippen molar-refractivity contribution >= 4 is 9.84 Å². The van der Waals surface area contributed by atoms with E-state index in [0.717, 1.165) is 26.2 Å². The molecule has 1 N–H and O–H groups in total. The quantitative estimate of drug-likeness (QED) is 0.695. The van der Waals surface area contributed by atoms with Crippen molar-refractivity contribution in [3.63, 3.8) is 0 Å². The average molecular weight is 309 g/mol. The van der Waals surface area contributed by atoms with Gasteiger partial charge in [0.1, 0.15) is 0 Å². The molecule has 0 aliphatic heterocycles. The fourth-order valence-electron chi connectivity index (χ4n) is 1.96. The molecule has 0 saturated carbocycles. The van der Waals surface area contributed by atoms with E-state index in [2.05, 4.69) is 24.1 Å². The predicted octanol–water partition coefficient (Wildman–Crippen LogP) is 1.26. The Morgan fingerprint density at radius 3 is 2.29 bits per heavy atom. The Morgan fingerprint density at radius 2 is 1.76 bits per heavy atom. The molecule has 0 bridgehead atoms. The summed E-state index contributed by atoms with van der Waals surface area (Å²) in [6, 6.07) is 8.01. The summed E-state index contributed by atoms with van der Waals surface area (Å²) >= 11 is 0. The van der Waals surface area contributed by atoms with E-state index in [9.17, 15) is 8.42 Å². The van der Waals surface area contributed by atoms with E-state index in [-0.39, 0.29) is 10.6 Å². The fourth-order valence-corrected chi connectivity index (χ4v) is 3.16. The molecular weight excluding hydrogens is 286 g/mol. The fraction of sp³-hybridized carbons (Fsp3) is 0.533. The van der Waals surface area contributed by atoms with Crippen molar-refractivity contribution in [1.29, 1.82) is 5.26 Å². The van der Waals surface area contributed by atoms with E-state index >= 15 is 0 Å². The first-order valence-electron chi connectivity index (χ1n) is 7.19. The van der Waals surface area contributed by atoms with E-state index in [1.807, 2.05) is 6.07 Å². The topological polar surface area (TPSA) is 73.2 Å². The van der Waals surface area contributed by atoms with Crippen molar-refractivity contribution in [1.82, 2.24) is 10.2 Å². The van der Waals surface area contributed by atoms with Gasteiger partial charge in [-0.2, -0.15) is 5.26 Å². The van der Waals surface area contributed by atoms with Gasteiger partial charge in [-0.25, -0.2) is 8.42 Å². The number of benzene rings is 1. The second-order valence-electron chi connectivity index (χ2n) is 4.73. The Labute approximate surface area is 127 Å². The maximum atomic E-state index is 12.1. The summed E-state index contributed by atoms with van der Waals surface area (Å²) in [6.45, 7) is 8.36. The van der Waals surface area contributed by atoms with E-state index < -0.39 is 9.84 Å². The van der Waals surface area contributed by atoms with Gasteiger partial charge < -0.3 is 10.2 Å². The zero-order valence-electron chi connectivity index (χ0n) is 12.7. The lowest BCUT2D eigenvalue weighted by Gasteiger charge is -2.17. The molecule has 0 heterocycles. The van der Waals surface area contributed by atoms with Gasteiger partial charge in [-0.05, 0) is 37.4 Å². The zero-order chi connectivity index (χ0) is 15.7. The smallest absolute Gasteiger partial charge is 0.179 e. The van der Waals surface area contributed by atoms with Crippen molar-refractivity contribution in [3.8, 4) is 6.07 Å². The summed E-state index contributed by atoms with van der Waals surface area (Å²) < 4.78 is 24.2. The van der Waals surface area contributed by atoms with Crippen LogP contribution in [-0.4, -0.2) is 51.8 Å². The number of nitrogens with one attached hydrogen (secondary N) is 1. The van der Waals surface area contributed by atoms with Gasteiger partial charge >= 0.3 is 0 Å². The van der Waals surface area contributed by atoms with Crippen LogP contribution in [0.2, 0.25) is 0 Å². The highest BCUT2D eigenvalue weighted by atomic mass is 32.2. The first-order valence-corrected chi connectivity index (χ1v) is 8.84. The molecule has 0 fully saturated rings. The van der Waals surface area contributed by atoms with E-state index in [1.54, 1.807) is 0 Å². The van der Waals surface area contributed by atoms with Crippen molar-refractivity contribution < 1.29 is 8.42 Å². The van der Waals surface area contributed by atoms with Crippen molar-refractivity contribution in [2.24, 2.45) is 0 Å². The Morgan fingerprint density at radius 1 is 1.14 bits per heavy atom. The largest absolute Gasteiger partial charge is 0.314 e. The highest BCUT2D eigenvalue weighted by molar-refractivity contribution is 7.91. The summed E-state index contributed by atoms with van der Waals surface area (Å²) in [7, 11) is -3.28. The second kappa shape index (κ2) is 8.78. The third-order valence-electron chi connectivity index (χ3n) is 3.39. The molecule has 0 amide bonds. The van der Waals surface area contributed by atoms with Crippen LogP contribution in [0.3, 0.4) is 0 Å². The Bertz CT molecular complexity index is 558. The summed E-state index contributed by atoms with van der Waals surface area (Å²) in [5.74, 6) is 0.0666. The lowest BCUT2D eigenvalue weighted by molar-refractivity contribution is 0.303. The predicted molar refractivity (Wildman–Crippen MR) is 83.9 cm³/mol. The molecule has 0 aromatic heterocycles. The maximum Gasteiger partial charge on any atom is 0.179 e. The highest BCUT2D eigenvalue weighted by Gasteiger charge is 2.13. The van der Waals surface area contributed by atoms with Gasteiger partial charge in [-0.3, -0.25) is 0 Å². The lowest BCUT2D eigenvalue weighted by atomic mass is 10.2. The van der Waals surface area contributed by atoms with Crippen LogP contribution in [0.15, 0.2) is 29.2 Å². The third kappa shape index (κ3) is 5.84. The number of likely N-dealkylation sites (N-methyl/N-ethyl adjacent to an activating group) is 1. The number of hydrogen-bond donors (Lipinski definition) is 1. The van der Waals surface area contributed by atoms with Crippen LogP contribution in [0.25, 0.3) is 0 Å². The Hall–Kier alpha value is -1.42. The molecule has 6 heteroatoms. The van der Waals surface area contributed by atoms with Crippen molar-refractivity contribution in [3.05, 3.63) is 29.8 Å². The molecule has 0 radical (unpaired) electrons. The van der Waals surface area contributed by atoms with Crippen LogP contribution >= 0.6 is 0 Å². The molecule has 0 spiro atoms. The average Bonchev–Trinajstić information content (AvgIpc) is 2.51. The summed E-state index contributed by atoms with van der Waals surface area (Å²) in [5, 5.41) is 11.9. The first-order chi connectivity index (χ1) is 10.0. The van der Waals surface area contributed by atoms with E-state index in [0.29, 0.717) is 12.1 Å². The first kappa shape index (κ1) is 17.6. The maximum absolute atomic E-state index is 12.1. The molecule has 5 nitrogen and oxygen atoms in total. The molecular formula is C15H23N3O2S. The van der Waals surface area contributed by atoms with Crippen LogP contribution in [0.4, 0.5) is 0 Å². The Kier molecular flexibility index (Phi) is 7.37. The number of rotatable bonds is 9. The van der Waals surface area contributed by atoms with Gasteiger partial charge in [0, 0.05) is 19.6 Å². The van der Waals surface area contributed by atoms with Crippen molar-refractivity contribution in [2.45, 2.75) is 18.7 Å². The van der Waals surface area contributed by atoms with Gasteiger partial charge in [0.05, 0.1) is 22.3 Å². The monoisotopic (exact) mass is 309 g/mol. The molecule has 116 valence electrons. The lowest BCUT2D eigenvalue weighted by Crippen LogP contribution is -2.33. The van der Waals surface area contributed by atoms with Crippen LogP contribution in [-0.2, 0) is 9.84 Å². The van der Waals surface area contributed by atoms with E-state index in [1.165, 1.54) is 24.3 Å². The normalized spacial score (nSPS) is 11.5. The van der Waals surface area contributed by atoms with Crippen LogP contribution < -0.4 is 5.32 Å². The standard InChI is InChI=1S/C15H23N3O2S/c1-3-18(4-2)11-9-17-10-12-21(19,20)15-7-5-14(13-16)6-8-15/h5-8,17H,3-4,9-12H2,1-2H3. The molecule has 1 rings (SSSR count). The highest BCUT2D eigenvalue weighted by Crippen LogP contribution is 2.11. The minimum atomic E-state index is -3.28. The molecule has 1 aromatic carbocycles. The summed E-state index contributed by atoms with van der Waals surface area (Å²) in [4.78, 5) is 2.55. The number of nitrogens with zero attached hydrogens (tertiary/aromatic N) is 2.